The Balaban J connectivity index is 2.04. The largest absolute Gasteiger partial charge is 0.496 e. The van der Waals surface area contributed by atoms with Crippen LogP contribution < -0.4 is 15.8 Å². The normalized spacial score (nSPS) is 12.8. The summed E-state index contributed by atoms with van der Waals surface area (Å²) in [5.41, 5.74) is 7.03. The number of nitrogens with two attached hydrogens (primary N) is 1. The second-order valence-corrected chi connectivity index (χ2v) is 6.71. The van der Waals surface area contributed by atoms with Gasteiger partial charge in [-0.3, -0.25) is 0 Å². The number of nitrogens with zero attached hydrogens (tertiary/aromatic N) is 2. The highest BCUT2D eigenvalue weighted by Gasteiger charge is 2.31. The van der Waals surface area contributed by atoms with Crippen LogP contribution in [0.25, 0.3) is 10.9 Å². The number of ether oxygens (including phenoxy) is 1. The first-order chi connectivity index (χ1) is 13.1. The number of methoxy groups -OCH3 is 1. The van der Waals surface area contributed by atoms with Crippen LogP contribution in [0.4, 0.5) is 24.7 Å². The molecule has 0 saturated heterocycles. The average Bonchev–Trinajstić information content (AvgIpc) is 2.59. The van der Waals surface area contributed by atoms with Gasteiger partial charge in [0.15, 0.2) is 0 Å². The summed E-state index contributed by atoms with van der Waals surface area (Å²) in [5, 5.41) is 3.91. The van der Waals surface area contributed by atoms with E-state index < -0.39 is 17.8 Å². The fourth-order valence-corrected chi connectivity index (χ4v) is 3.08. The summed E-state index contributed by atoms with van der Waals surface area (Å²) in [6.07, 6.45) is -4.47. The number of nitrogens with one attached hydrogen (secondary N) is 1. The standard InChI is InChI=1S/C20H21F3N4O/c1-10-5-17-16(9-18(10)28-4)19(27-12(3)26-17)25-11(2)13-6-14(20(21,22)23)8-15(24)7-13/h5-9,11H,24H2,1-4H3,(H,25,26,27)/t11-/m1/s1. The maximum Gasteiger partial charge on any atom is 0.416 e. The predicted molar refractivity (Wildman–Crippen MR) is 103 cm³/mol. The Hall–Kier alpha value is -3.03. The van der Waals surface area contributed by atoms with Gasteiger partial charge in [0.25, 0.3) is 0 Å². The van der Waals surface area contributed by atoms with Gasteiger partial charge in [-0.2, -0.15) is 13.2 Å². The van der Waals surface area contributed by atoms with Crippen molar-refractivity contribution in [3.63, 3.8) is 0 Å². The zero-order valence-electron chi connectivity index (χ0n) is 16.0. The molecule has 3 N–H and O–H groups in total. The van der Waals surface area contributed by atoms with Gasteiger partial charge >= 0.3 is 6.18 Å². The Morgan fingerprint density at radius 3 is 2.43 bits per heavy atom. The van der Waals surface area contributed by atoms with E-state index in [0.717, 1.165) is 28.6 Å². The van der Waals surface area contributed by atoms with Crippen molar-refractivity contribution in [3.8, 4) is 5.75 Å². The first kappa shape index (κ1) is 19.7. The van der Waals surface area contributed by atoms with E-state index in [1.165, 1.54) is 6.07 Å². The molecule has 0 fully saturated rings. The van der Waals surface area contributed by atoms with Gasteiger partial charge < -0.3 is 15.8 Å². The fourth-order valence-electron chi connectivity index (χ4n) is 3.08. The van der Waals surface area contributed by atoms with E-state index in [4.69, 9.17) is 10.5 Å². The lowest BCUT2D eigenvalue weighted by Gasteiger charge is -2.19. The fraction of sp³-hybridized carbons (Fsp3) is 0.300. The summed E-state index contributed by atoms with van der Waals surface area (Å²) in [7, 11) is 1.57. The number of aromatic nitrogens is 2. The van der Waals surface area contributed by atoms with Gasteiger partial charge in [0.05, 0.1) is 24.2 Å². The molecule has 8 heteroatoms. The van der Waals surface area contributed by atoms with Crippen molar-refractivity contribution in [1.82, 2.24) is 9.97 Å². The van der Waals surface area contributed by atoms with Gasteiger partial charge in [-0.25, -0.2) is 9.97 Å². The first-order valence-electron chi connectivity index (χ1n) is 8.65. The summed E-state index contributed by atoms with van der Waals surface area (Å²) in [5.74, 6) is 1.75. The summed E-state index contributed by atoms with van der Waals surface area (Å²) >= 11 is 0. The van der Waals surface area contributed by atoms with Crippen LogP contribution in [0, 0.1) is 13.8 Å². The topological polar surface area (TPSA) is 73.1 Å². The lowest BCUT2D eigenvalue weighted by Crippen LogP contribution is -2.13. The number of benzene rings is 2. The van der Waals surface area contributed by atoms with Crippen molar-refractivity contribution in [2.45, 2.75) is 33.0 Å². The van der Waals surface area contributed by atoms with E-state index in [1.807, 2.05) is 19.1 Å². The van der Waals surface area contributed by atoms with Gasteiger partial charge in [0.1, 0.15) is 17.4 Å². The Morgan fingerprint density at radius 1 is 1.07 bits per heavy atom. The van der Waals surface area contributed by atoms with E-state index in [1.54, 1.807) is 21.0 Å². The number of halogens is 3. The molecular weight excluding hydrogens is 369 g/mol. The number of hydrogen-bond acceptors (Lipinski definition) is 5. The van der Waals surface area contributed by atoms with Crippen LogP contribution in [0.3, 0.4) is 0 Å². The van der Waals surface area contributed by atoms with Gasteiger partial charge in [-0.15, -0.1) is 0 Å². The minimum absolute atomic E-state index is 0.0551. The number of anilines is 2. The minimum atomic E-state index is -4.47. The predicted octanol–water partition coefficient (Wildman–Crippen LogP) is 5.03. The van der Waals surface area contributed by atoms with Crippen LogP contribution in [-0.4, -0.2) is 17.1 Å². The molecule has 3 rings (SSSR count). The molecule has 0 aliphatic carbocycles. The quantitative estimate of drug-likeness (QED) is 0.612. The highest BCUT2D eigenvalue weighted by Crippen LogP contribution is 2.34. The molecule has 3 aromatic rings. The average molecular weight is 390 g/mol. The van der Waals surface area contributed by atoms with Crippen molar-refractivity contribution in [3.05, 3.63) is 52.8 Å². The molecule has 28 heavy (non-hydrogen) atoms. The molecule has 0 unspecified atom stereocenters. The molecule has 0 aliphatic heterocycles. The Labute approximate surface area is 160 Å². The molecule has 0 bridgehead atoms. The SMILES string of the molecule is COc1cc2c(N[C@H](C)c3cc(N)cc(C(F)(F)F)c3)nc(C)nc2cc1C. The summed E-state index contributed by atoms with van der Waals surface area (Å²) < 4.78 is 44.7. The zero-order chi connectivity index (χ0) is 20.6. The number of rotatable bonds is 4. The van der Waals surface area contributed by atoms with E-state index in [-0.39, 0.29) is 5.69 Å². The first-order valence-corrected chi connectivity index (χ1v) is 8.65. The molecule has 1 atom stereocenters. The highest BCUT2D eigenvalue weighted by molar-refractivity contribution is 5.91. The zero-order valence-corrected chi connectivity index (χ0v) is 16.0. The maximum absolute atomic E-state index is 13.1. The Bertz CT molecular complexity index is 1030. The second-order valence-electron chi connectivity index (χ2n) is 6.71. The molecule has 0 radical (unpaired) electrons. The molecule has 0 saturated carbocycles. The van der Waals surface area contributed by atoms with E-state index in [9.17, 15) is 13.2 Å². The van der Waals surface area contributed by atoms with Crippen molar-refractivity contribution in [1.29, 1.82) is 0 Å². The molecule has 148 valence electrons. The number of fused-ring (bicyclic) bond motifs is 1. The number of nitrogen functional groups attached to an aromatic ring is 1. The molecule has 2 aromatic carbocycles. The second kappa shape index (κ2) is 7.18. The van der Waals surface area contributed by atoms with E-state index in [0.29, 0.717) is 23.0 Å². The van der Waals surface area contributed by atoms with Gasteiger partial charge in [-0.05, 0) is 62.2 Å². The number of hydrogen-bond donors (Lipinski definition) is 2. The van der Waals surface area contributed by atoms with E-state index in [2.05, 4.69) is 15.3 Å². The molecular formula is C20H21F3N4O. The van der Waals surface area contributed by atoms with Crippen molar-refractivity contribution < 1.29 is 17.9 Å². The molecule has 1 aromatic heterocycles. The van der Waals surface area contributed by atoms with Crippen molar-refractivity contribution in [2.75, 3.05) is 18.2 Å². The van der Waals surface area contributed by atoms with Crippen LogP contribution in [0.1, 0.15) is 35.5 Å². The lowest BCUT2D eigenvalue weighted by molar-refractivity contribution is -0.137. The van der Waals surface area contributed by atoms with Gasteiger partial charge in [0, 0.05) is 11.1 Å². The van der Waals surface area contributed by atoms with Crippen molar-refractivity contribution >= 4 is 22.4 Å². The lowest BCUT2D eigenvalue weighted by atomic mass is 10.0. The summed E-state index contributed by atoms with van der Waals surface area (Å²) in [6.45, 7) is 5.43. The summed E-state index contributed by atoms with van der Waals surface area (Å²) in [6, 6.07) is 6.78. The Morgan fingerprint density at radius 2 is 1.79 bits per heavy atom. The van der Waals surface area contributed by atoms with E-state index >= 15 is 0 Å². The molecule has 0 amide bonds. The third kappa shape index (κ3) is 3.95. The van der Waals surface area contributed by atoms with Crippen molar-refractivity contribution in [2.24, 2.45) is 0 Å². The van der Waals surface area contributed by atoms with Crippen LogP contribution in [-0.2, 0) is 6.18 Å². The van der Waals surface area contributed by atoms with Crippen LogP contribution in [0.15, 0.2) is 30.3 Å². The van der Waals surface area contributed by atoms with Crippen LogP contribution in [0.2, 0.25) is 0 Å². The van der Waals surface area contributed by atoms with Crippen LogP contribution in [0.5, 0.6) is 5.75 Å². The monoisotopic (exact) mass is 390 g/mol. The van der Waals surface area contributed by atoms with Gasteiger partial charge in [0.2, 0.25) is 0 Å². The number of aryl methyl sites for hydroxylation is 2. The maximum atomic E-state index is 13.1. The molecule has 1 heterocycles. The van der Waals surface area contributed by atoms with Gasteiger partial charge in [-0.1, -0.05) is 0 Å². The highest BCUT2D eigenvalue weighted by atomic mass is 19.4. The third-order valence-corrected chi connectivity index (χ3v) is 4.48. The summed E-state index contributed by atoms with van der Waals surface area (Å²) in [4.78, 5) is 8.87. The minimum Gasteiger partial charge on any atom is -0.496 e. The molecule has 0 aliphatic rings. The smallest absolute Gasteiger partial charge is 0.416 e. The molecule has 5 nitrogen and oxygen atoms in total. The third-order valence-electron chi connectivity index (χ3n) is 4.48. The Kier molecular flexibility index (Phi) is 5.06. The molecule has 0 spiro atoms. The van der Waals surface area contributed by atoms with Crippen LogP contribution >= 0.6 is 0 Å². The number of alkyl halides is 3.